The Morgan fingerprint density at radius 3 is 2.70 bits per heavy atom. The lowest BCUT2D eigenvalue weighted by atomic mass is 9.43. The molecule has 0 aromatic heterocycles. The van der Waals surface area contributed by atoms with Gasteiger partial charge in [0.05, 0.1) is 11.8 Å². The fourth-order valence-corrected chi connectivity index (χ4v) is 8.29. The molecule has 1 heterocycles. The number of aliphatic hydroxyl groups excluding tert-OH is 1. The summed E-state index contributed by atoms with van der Waals surface area (Å²) in [6, 6.07) is 0. The number of epoxide rings is 1. The minimum absolute atomic E-state index is 0.0602. The molecule has 4 saturated carbocycles. The summed E-state index contributed by atoms with van der Waals surface area (Å²) >= 11 is 0. The van der Waals surface area contributed by atoms with E-state index in [1.807, 2.05) is 0 Å². The summed E-state index contributed by atoms with van der Waals surface area (Å²) < 4.78 is 6.62. The van der Waals surface area contributed by atoms with Crippen LogP contribution in [-0.4, -0.2) is 41.3 Å². The molecule has 5 fully saturated rings. The maximum Gasteiger partial charge on any atom is 0.137 e. The summed E-state index contributed by atoms with van der Waals surface area (Å²) in [5.41, 5.74) is 6.67. The Labute approximate surface area is 163 Å². The number of nitrogens with zero attached hydrogens (tertiary/aromatic N) is 1. The first kappa shape index (κ1) is 18.4. The topological polar surface area (TPSA) is 80.4 Å². The molecule has 3 N–H and O–H groups in total. The van der Waals surface area contributed by atoms with Gasteiger partial charge in [-0.25, -0.2) is 0 Å². The molecule has 0 radical (unpaired) electrons. The molecule has 0 aromatic carbocycles. The van der Waals surface area contributed by atoms with Gasteiger partial charge in [-0.05, 0) is 81.5 Å². The minimum Gasteiger partial charge on any atom is -0.394 e. The van der Waals surface area contributed by atoms with Crippen LogP contribution in [0.3, 0.4) is 0 Å². The molecule has 8 atom stereocenters. The van der Waals surface area contributed by atoms with Crippen molar-refractivity contribution in [3.63, 3.8) is 0 Å². The van der Waals surface area contributed by atoms with Crippen molar-refractivity contribution in [2.45, 2.75) is 89.4 Å². The molecular weight excluding hydrogens is 340 g/mol. The lowest BCUT2D eigenvalue weighted by Gasteiger charge is -2.59. The van der Waals surface area contributed by atoms with Crippen LogP contribution in [0.15, 0.2) is 5.16 Å². The van der Waals surface area contributed by atoms with Crippen LogP contribution in [0.2, 0.25) is 0 Å². The molecule has 152 valence electrons. The lowest BCUT2D eigenvalue weighted by molar-refractivity contribution is -0.119. The van der Waals surface area contributed by atoms with Gasteiger partial charge >= 0.3 is 0 Å². The SMILES string of the molecule is C[C@]12CC[C@H]3[C@@H](CC[C@@]45O[C@@]4(C)/C(=N/OCCN)CC[C@]35C)[C@@H]1CC[C@@H]2O. The van der Waals surface area contributed by atoms with Crippen molar-refractivity contribution < 1.29 is 14.7 Å². The van der Waals surface area contributed by atoms with Gasteiger partial charge in [-0.3, -0.25) is 0 Å². The van der Waals surface area contributed by atoms with E-state index in [1.54, 1.807) is 0 Å². The zero-order chi connectivity index (χ0) is 19.1. The summed E-state index contributed by atoms with van der Waals surface area (Å²) in [6.45, 7) is 8.06. The van der Waals surface area contributed by atoms with E-state index in [-0.39, 0.29) is 28.1 Å². The average molecular weight is 377 g/mol. The second kappa shape index (κ2) is 5.70. The van der Waals surface area contributed by atoms with Crippen LogP contribution in [0.5, 0.6) is 0 Å². The van der Waals surface area contributed by atoms with Gasteiger partial charge in [0.15, 0.2) is 0 Å². The van der Waals surface area contributed by atoms with Gasteiger partial charge in [-0.2, -0.15) is 0 Å². The fraction of sp³-hybridized carbons (Fsp3) is 0.955. The Kier molecular flexibility index (Phi) is 3.88. The molecule has 5 aliphatic rings. The van der Waals surface area contributed by atoms with Crippen LogP contribution >= 0.6 is 0 Å². The van der Waals surface area contributed by atoms with Crippen molar-refractivity contribution in [1.82, 2.24) is 0 Å². The molecule has 5 nitrogen and oxygen atoms in total. The molecule has 1 aliphatic heterocycles. The predicted octanol–water partition coefficient (Wildman–Crippen LogP) is 3.24. The highest BCUT2D eigenvalue weighted by molar-refractivity contribution is 5.97. The Morgan fingerprint density at radius 2 is 1.93 bits per heavy atom. The second-order valence-corrected chi connectivity index (χ2v) is 10.6. The van der Waals surface area contributed by atoms with Gasteiger partial charge < -0.3 is 20.4 Å². The first-order chi connectivity index (χ1) is 12.8. The number of hydrogen-bond acceptors (Lipinski definition) is 5. The molecule has 0 unspecified atom stereocenters. The number of hydrogen-bond donors (Lipinski definition) is 2. The Morgan fingerprint density at radius 1 is 1.11 bits per heavy atom. The zero-order valence-corrected chi connectivity index (χ0v) is 17.2. The second-order valence-electron chi connectivity index (χ2n) is 10.6. The lowest BCUT2D eigenvalue weighted by Crippen LogP contribution is -2.60. The summed E-state index contributed by atoms with van der Waals surface area (Å²) in [7, 11) is 0. The van der Waals surface area contributed by atoms with Crippen molar-refractivity contribution in [1.29, 1.82) is 0 Å². The van der Waals surface area contributed by atoms with Gasteiger partial charge in [0, 0.05) is 12.0 Å². The van der Waals surface area contributed by atoms with Crippen LogP contribution in [0.25, 0.3) is 0 Å². The van der Waals surface area contributed by atoms with E-state index in [1.165, 1.54) is 25.7 Å². The molecule has 1 spiro atoms. The van der Waals surface area contributed by atoms with E-state index in [9.17, 15) is 5.11 Å². The maximum atomic E-state index is 10.6. The normalized spacial score (nSPS) is 57.4. The van der Waals surface area contributed by atoms with Crippen molar-refractivity contribution >= 4 is 5.71 Å². The monoisotopic (exact) mass is 376 g/mol. The average Bonchev–Trinajstić information content (AvgIpc) is 3.17. The third kappa shape index (κ3) is 2.09. The quantitative estimate of drug-likeness (QED) is 0.450. The Hall–Kier alpha value is -0.650. The Bertz CT molecular complexity index is 668. The number of aliphatic hydroxyl groups is 1. The van der Waals surface area contributed by atoms with Crippen molar-refractivity contribution in [3.8, 4) is 0 Å². The van der Waals surface area contributed by atoms with Crippen LogP contribution in [0, 0.1) is 28.6 Å². The van der Waals surface area contributed by atoms with Gasteiger partial charge in [-0.15, -0.1) is 0 Å². The highest BCUT2D eigenvalue weighted by Crippen LogP contribution is 2.75. The molecule has 1 saturated heterocycles. The van der Waals surface area contributed by atoms with Crippen LogP contribution < -0.4 is 5.73 Å². The third-order valence-corrected chi connectivity index (χ3v) is 9.88. The largest absolute Gasteiger partial charge is 0.394 e. The van der Waals surface area contributed by atoms with E-state index >= 15 is 0 Å². The number of rotatable bonds is 3. The number of nitrogens with two attached hydrogens (primary N) is 1. The number of oxime groups is 1. The van der Waals surface area contributed by atoms with Gasteiger partial charge in [0.25, 0.3) is 0 Å². The van der Waals surface area contributed by atoms with E-state index in [2.05, 4.69) is 25.9 Å². The summed E-state index contributed by atoms with van der Waals surface area (Å²) in [4.78, 5) is 5.44. The predicted molar refractivity (Wildman–Crippen MR) is 104 cm³/mol. The van der Waals surface area contributed by atoms with E-state index in [0.717, 1.165) is 37.3 Å². The molecule has 0 aromatic rings. The van der Waals surface area contributed by atoms with E-state index < -0.39 is 0 Å². The van der Waals surface area contributed by atoms with E-state index in [4.69, 9.17) is 15.3 Å². The number of ether oxygens (including phenoxy) is 1. The van der Waals surface area contributed by atoms with Crippen LogP contribution in [0.4, 0.5) is 0 Å². The van der Waals surface area contributed by atoms with Crippen molar-refractivity contribution in [2.75, 3.05) is 13.2 Å². The molecule has 0 bridgehead atoms. The summed E-state index contributed by atoms with van der Waals surface area (Å²) in [5.74, 6) is 2.15. The molecule has 0 amide bonds. The molecule has 5 rings (SSSR count). The van der Waals surface area contributed by atoms with Gasteiger partial charge in [0.2, 0.25) is 0 Å². The van der Waals surface area contributed by atoms with Crippen molar-refractivity contribution in [3.05, 3.63) is 0 Å². The van der Waals surface area contributed by atoms with Crippen molar-refractivity contribution in [2.24, 2.45) is 39.5 Å². The zero-order valence-electron chi connectivity index (χ0n) is 17.2. The maximum absolute atomic E-state index is 10.6. The highest BCUT2D eigenvalue weighted by Gasteiger charge is 2.82. The first-order valence-corrected chi connectivity index (χ1v) is 11.1. The number of fused-ring (bicyclic) bond motifs is 4. The molecular formula is C22H36N2O3. The van der Waals surface area contributed by atoms with Crippen LogP contribution in [-0.2, 0) is 9.57 Å². The van der Waals surface area contributed by atoms with Gasteiger partial charge in [0.1, 0.15) is 17.8 Å². The summed E-state index contributed by atoms with van der Waals surface area (Å²) in [6.07, 6.45) is 8.98. The minimum atomic E-state index is -0.254. The molecule has 5 heteroatoms. The fourth-order valence-electron chi connectivity index (χ4n) is 8.29. The van der Waals surface area contributed by atoms with Gasteiger partial charge in [-0.1, -0.05) is 19.0 Å². The third-order valence-electron chi connectivity index (χ3n) is 9.88. The Balaban J connectivity index is 1.44. The van der Waals surface area contributed by atoms with Crippen LogP contribution in [0.1, 0.15) is 72.1 Å². The summed E-state index contributed by atoms with van der Waals surface area (Å²) in [5, 5.41) is 15.1. The molecule has 4 aliphatic carbocycles. The first-order valence-electron chi connectivity index (χ1n) is 11.1. The van der Waals surface area contributed by atoms with E-state index in [0.29, 0.717) is 25.0 Å². The smallest absolute Gasteiger partial charge is 0.137 e. The molecule has 27 heavy (non-hydrogen) atoms. The standard InChI is InChI=1S/C22H36N2O3/c1-19-9-7-16-14(15(19)4-5-18(19)25)6-11-22-20(16,2)10-8-17(21(22,3)27-22)24-26-13-12-23/h14-16,18,25H,4-13,23H2,1-3H3/b24-17+/t14-,15-,16-,18-,19-,20+,21-,22-/m0/s1. The highest BCUT2D eigenvalue weighted by atomic mass is 16.7.